The van der Waals surface area contributed by atoms with Gasteiger partial charge in [0.1, 0.15) is 5.82 Å². The molecule has 1 atom stereocenters. The van der Waals surface area contributed by atoms with E-state index in [0.717, 1.165) is 5.82 Å². The highest BCUT2D eigenvalue weighted by atomic mass is 16.4. The van der Waals surface area contributed by atoms with Crippen molar-refractivity contribution in [2.75, 3.05) is 6.54 Å². The van der Waals surface area contributed by atoms with Gasteiger partial charge in [0.15, 0.2) is 0 Å². The molecule has 0 amide bonds. The van der Waals surface area contributed by atoms with Crippen LogP contribution in [0.25, 0.3) is 0 Å². The summed E-state index contributed by atoms with van der Waals surface area (Å²) in [4.78, 5) is 17.1. The zero-order valence-electron chi connectivity index (χ0n) is 6.74. The average molecular weight is 169 g/mol. The lowest BCUT2D eigenvalue weighted by Crippen LogP contribution is -2.26. The van der Waals surface area contributed by atoms with Gasteiger partial charge in [0, 0.05) is 12.4 Å². The minimum atomic E-state index is -0.867. The van der Waals surface area contributed by atoms with Crippen LogP contribution in [-0.4, -0.2) is 27.6 Å². The van der Waals surface area contributed by atoms with Crippen molar-refractivity contribution < 1.29 is 9.90 Å². The van der Waals surface area contributed by atoms with Gasteiger partial charge in [-0.1, -0.05) is 0 Å². The highest BCUT2D eigenvalue weighted by molar-refractivity contribution is 5.69. The maximum atomic E-state index is 10.2. The Morgan fingerprint density at radius 1 is 1.92 bits per heavy atom. The Bertz CT molecular complexity index is 245. The Kier molecular flexibility index (Phi) is 2.82. The van der Waals surface area contributed by atoms with Crippen LogP contribution in [0.15, 0.2) is 12.4 Å². The van der Waals surface area contributed by atoms with Gasteiger partial charge in [0.2, 0.25) is 0 Å². The average Bonchev–Trinajstić information content (AvgIpc) is 2.51. The molecule has 0 radical (unpaired) electrons. The van der Waals surface area contributed by atoms with Gasteiger partial charge >= 0.3 is 5.97 Å². The molecule has 0 fully saturated rings. The first-order valence-corrected chi connectivity index (χ1v) is 3.64. The van der Waals surface area contributed by atoms with Crippen molar-refractivity contribution in [3.05, 3.63) is 18.2 Å². The minimum absolute atomic E-state index is 0.0537. The lowest BCUT2D eigenvalue weighted by atomic mass is 10.3. The zero-order valence-corrected chi connectivity index (χ0v) is 6.74. The van der Waals surface area contributed by atoms with Gasteiger partial charge in [0.05, 0.1) is 12.6 Å². The number of hydrogen-bond donors (Lipinski definition) is 3. The predicted molar refractivity (Wildman–Crippen MR) is 42.6 cm³/mol. The quantitative estimate of drug-likeness (QED) is 0.599. The lowest BCUT2D eigenvalue weighted by Gasteiger charge is -2.07. The molecule has 0 aliphatic heterocycles. The number of rotatable bonds is 4. The third-order valence-electron chi connectivity index (χ3n) is 1.49. The third-order valence-corrected chi connectivity index (χ3v) is 1.49. The van der Waals surface area contributed by atoms with Gasteiger partial charge < -0.3 is 10.1 Å². The largest absolute Gasteiger partial charge is 0.480 e. The van der Waals surface area contributed by atoms with E-state index < -0.39 is 5.97 Å². The van der Waals surface area contributed by atoms with Crippen LogP contribution < -0.4 is 5.32 Å². The van der Waals surface area contributed by atoms with E-state index in [1.807, 2.05) is 6.92 Å². The molecule has 0 spiro atoms. The normalized spacial score (nSPS) is 12.8. The number of carbonyl (C=O) groups is 1. The molecular weight excluding hydrogens is 158 g/mol. The van der Waals surface area contributed by atoms with E-state index in [1.54, 1.807) is 12.4 Å². The molecule has 0 saturated heterocycles. The topological polar surface area (TPSA) is 78.0 Å². The monoisotopic (exact) mass is 169 g/mol. The molecule has 1 unspecified atom stereocenters. The van der Waals surface area contributed by atoms with Crippen molar-refractivity contribution in [2.45, 2.75) is 13.0 Å². The summed E-state index contributed by atoms with van der Waals surface area (Å²) in [5.74, 6) is -0.121. The standard InChI is InChI=1S/C7H11N3O2/c1-5(10-4-6(11)12)7-8-2-3-9-7/h2-3,5,10H,4H2,1H3,(H,8,9)(H,11,12). The number of hydrogen-bond acceptors (Lipinski definition) is 3. The van der Waals surface area contributed by atoms with Crippen molar-refractivity contribution in [3.63, 3.8) is 0 Å². The van der Waals surface area contributed by atoms with E-state index >= 15 is 0 Å². The van der Waals surface area contributed by atoms with Crippen LogP contribution in [0.3, 0.4) is 0 Å². The molecule has 3 N–H and O–H groups in total. The minimum Gasteiger partial charge on any atom is -0.480 e. The summed E-state index contributed by atoms with van der Waals surface area (Å²) in [6, 6.07) is -0.0592. The fraction of sp³-hybridized carbons (Fsp3) is 0.429. The van der Waals surface area contributed by atoms with E-state index in [-0.39, 0.29) is 12.6 Å². The van der Waals surface area contributed by atoms with Crippen molar-refractivity contribution in [2.24, 2.45) is 0 Å². The van der Waals surface area contributed by atoms with Crippen molar-refractivity contribution >= 4 is 5.97 Å². The number of nitrogens with zero attached hydrogens (tertiary/aromatic N) is 1. The Labute approximate surface area is 69.8 Å². The summed E-state index contributed by atoms with van der Waals surface area (Å²) in [5, 5.41) is 11.2. The smallest absolute Gasteiger partial charge is 0.317 e. The molecule has 1 aromatic rings. The maximum Gasteiger partial charge on any atom is 0.317 e. The van der Waals surface area contributed by atoms with E-state index in [0.29, 0.717) is 0 Å². The number of imidazole rings is 1. The number of aliphatic carboxylic acids is 1. The lowest BCUT2D eigenvalue weighted by molar-refractivity contribution is -0.136. The summed E-state index contributed by atoms with van der Waals surface area (Å²) < 4.78 is 0. The molecule has 5 nitrogen and oxygen atoms in total. The van der Waals surface area contributed by atoms with Crippen LogP contribution in [0, 0.1) is 0 Å². The summed E-state index contributed by atoms with van der Waals surface area (Å²) in [6.45, 7) is 1.80. The number of nitrogens with one attached hydrogen (secondary N) is 2. The number of carboxylic acid groups (broad SMARTS) is 1. The van der Waals surface area contributed by atoms with Gasteiger partial charge in [-0.2, -0.15) is 0 Å². The predicted octanol–water partition coefficient (Wildman–Crippen LogP) is 0.145. The summed E-state index contributed by atoms with van der Waals surface area (Å²) in [5.41, 5.74) is 0. The summed E-state index contributed by atoms with van der Waals surface area (Å²) in [7, 11) is 0. The molecular formula is C7H11N3O2. The van der Waals surface area contributed by atoms with Crippen LogP contribution in [0.4, 0.5) is 0 Å². The SMILES string of the molecule is CC(NCC(=O)O)c1ncc[nH]1. The van der Waals surface area contributed by atoms with Gasteiger partial charge in [-0.05, 0) is 6.92 Å². The molecule has 0 aliphatic rings. The number of aromatic amines is 1. The summed E-state index contributed by atoms with van der Waals surface area (Å²) >= 11 is 0. The van der Waals surface area contributed by atoms with Gasteiger partial charge in [-0.3, -0.25) is 10.1 Å². The first kappa shape index (κ1) is 8.73. The first-order valence-electron chi connectivity index (χ1n) is 3.64. The zero-order chi connectivity index (χ0) is 8.97. The maximum absolute atomic E-state index is 10.2. The molecule has 5 heteroatoms. The molecule has 1 heterocycles. The second-order valence-electron chi connectivity index (χ2n) is 2.47. The molecule has 0 bridgehead atoms. The highest BCUT2D eigenvalue weighted by Gasteiger charge is 2.07. The van der Waals surface area contributed by atoms with Crippen LogP contribution in [0.1, 0.15) is 18.8 Å². The van der Waals surface area contributed by atoms with Crippen LogP contribution >= 0.6 is 0 Å². The number of carboxylic acids is 1. The van der Waals surface area contributed by atoms with Crippen LogP contribution in [0.2, 0.25) is 0 Å². The second-order valence-corrected chi connectivity index (χ2v) is 2.47. The molecule has 0 aromatic carbocycles. The third kappa shape index (κ3) is 2.35. The van der Waals surface area contributed by atoms with Crippen LogP contribution in [0.5, 0.6) is 0 Å². The van der Waals surface area contributed by atoms with E-state index in [9.17, 15) is 4.79 Å². The molecule has 0 aliphatic carbocycles. The fourth-order valence-electron chi connectivity index (χ4n) is 0.851. The van der Waals surface area contributed by atoms with Gasteiger partial charge in [-0.25, -0.2) is 4.98 Å². The first-order chi connectivity index (χ1) is 5.70. The Balaban J connectivity index is 2.39. The Morgan fingerprint density at radius 2 is 2.67 bits per heavy atom. The Hall–Kier alpha value is -1.36. The highest BCUT2D eigenvalue weighted by Crippen LogP contribution is 2.03. The van der Waals surface area contributed by atoms with E-state index in [2.05, 4.69) is 15.3 Å². The number of aromatic nitrogens is 2. The second kappa shape index (κ2) is 3.87. The van der Waals surface area contributed by atoms with Crippen molar-refractivity contribution in [1.29, 1.82) is 0 Å². The van der Waals surface area contributed by atoms with Crippen molar-refractivity contribution in [3.8, 4) is 0 Å². The summed E-state index contributed by atoms with van der Waals surface area (Å²) in [6.07, 6.45) is 3.34. The van der Waals surface area contributed by atoms with E-state index in [1.165, 1.54) is 0 Å². The molecule has 0 saturated carbocycles. The molecule has 1 aromatic heterocycles. The van der Waals surface area contributed by atoms with Gasteiger partial charge in [0.25, 0.3) is 0 Å². The molecule has 1 rings (SSSR count). The van der Waals surface area contributed by atoms with Crippen molar-refractivity contribution in [1.82, 2.24) is 15.3 Å². The molecule has 12 heavy (non-hydrogen) atoms. The number of H-pyrrole nitrogens is 1. The fourth-order valence-corrected chi connectivity index (χ4v) is 0.851. The van der Waals surface area contributed by atoms with Crippen LogP contribution in [-0.2, 0) is 4.79 Å². The Morgan fingerprint density at radius 3 is 3.17 bits per heavy atom. The van der Waals surface area contributed by atoms with Gasteiger partial charge in [-0.15, -0.1) is 0 Å². The molecule has 66 valence electrons. The van der Waals surface area contributed by atoms with E-state index in [4.69, 9.17) is 5.11 Å².